The van der Waals surface area contributed by atoms with Crippen LogP contribution in [0.3, 0.4) is 0 Å². The molecule has 0 radical (unpaired) electrons. The Hall–Kier alpha value is -1.81. The molecule has 150 valence electrons. The van der Waals surface area contributed by atoms with E-state index in [-0.39, 0.29) is 11.9 Å². The topological polar surface area (TPSA) is 101 Å². The van der Waals surface area contributed by atoms with Crippen molar-refractivity contribution in [3.05, 3.63) is 0 Å². The van der Waals surface area contributed by atoms with E-state index >= 15 is 0 Å². The molecule has 9 nitrogen and oxygen atoms in total. The van der Waals surface area contributed by atoms with Gasteiger partial charge < -0.3 is 15.0 Å². The minimum Gasteiger partial charge on any atom is -0.378 e. The summed E-state index contributed by atoms with van der Waals surface area (Å²) >= 11 is 1.31. The van der Waals surface area contributed by atoms with Gasteiger partial charge in [-0.1, -0.05) is 24.6 Å². The molecule has 2 heterocycles. The van der Waals surface area contributed by atoms with Crippen molar-refractivity contribution in [1.29, 1.82) is 0 Å². The van der Waals surface area contributed by atoms with Crippen LogP contribution in [0.2, 0.25) is 0 Å². The number of hydrogen-bond donors (Lipinski definition) is 2. The average molecular weight is 397 g/mol. The summed E-state index contributed by atoms with van der Waals surface area (Å²) in [4.78, 5) is 26.5. The SMILES string of the molecule is CCn1c(S[C@@H](C)C(=O)NC(=O)NC2CCCC2)nnc1N1CCOCC1. The zero-order valence-corrected chi connectivity index (χ0v) is 16.8. The van der Waals surface area contributed by atoms with E-state index in [4.69, 9.17) is 4.74 Å². The molecule has 27 heavy (non-hydrogen) atoms. The first-order chi connectivity index (χ1) is 13.1. The van der Waals surface area contributed by atoms with Gasteiger partial charge in [0.05, 0.1) is 18.5 Å². The maximum absolute atomic E-state index is 12.4. The Kier molecular flexibility index (Phi) is 6.95. The Balaban J connectivity index is 1.56. The van der Waals surface area contributed by atoms with E-state index in [9.17, 15) is 9.59 Å². The summed E-state index contributed by atoms with van der Waals surface area (Å²) in [5.41, 5.74) is 0. The molecule has 1 aromatic rings. The van der Waals surface area contributed by atoms with Gasteiger partial charge in [-0.05, 0) is 26.7 Å². The Morgan fingerprint density at radius 3 is 2.63 bits per heavy atom. The highest BCUT2D eigenvalue weighted by Crippen LogP contribution is 2.26. The third-order valence-corrected chi connectivity index (χ3v) is 5.97. The second-order valence-corrected chi connectivity index (χ2v) is 8.14. The van der Waals surface area contributed by atoms with E-state index in [1.807, 2.05) is 11.5 Å². The molecular weight excluding hydrogens is 368 g/mol. The van der Waals surface area contributed by atoms with Crippen LogP contribution >= 0.6 is 11.8 Å². The molecule has 0 aromatic carbocycles. The first-order valence-corrected chi connectivity index (χ1v) is 10.5. The van der Waals surface area contributed by atoms with Crippen LogP contribution in [0, 0.1) is 0 Å². The molecule has 1 saturated heterocycles. The van der Waals surface area contributed by atoms with Gasteiger partial charge in [0, 0.05) is 25.7 Å². The molecule has 0 bridgehead atoms. The van der Waals surface area contributed by atoms with Crippen LogP contribution in [-0.4, -0.2) is 64.3 Å². The van der Waals surface area contributed by atoms with E-state index in [0.29, 0.717) is 24.9 Å². The molecule has 1 saturated carbocycles. The lowest BCUT2D eigenvalue weighted by Gasteiger charge is -2.27. The summed E-state index contributed by atoms with van der Waals surface area (Å²) in [5.74, 6) is 0.476. The van der Waals surface area contributed by atoms with Crippen LogP contribution in [0.4, 0.5) is 10.7 Å². The van der Waals surface area contributed by atoms with Gasteiger partial charge in [0.2, 0.25) is 11.9 Å². The molecule has 0 unspecified atom stereocenters. The molecule has 3 rings (SSSR count). The standard InChI is InChI=1S/C17H28N6O3S/c1-3-23-16(22-8-10-26-11-9-22)20-21-17(23)27-12(2)14(24)19-15(25)18-13-6-4-5-7-13/h12-13H,3-11H2,1-2H3,(H2,18,19,24,25)/t12-/m0/s1. The molecule has 2 fully saturated rings. The Bertz CT molecular complexity index is 655. The van der Waals surface area contributed by atoms with Gasteiger partial charge >= 0.3 is 6.03 Å². The van der Waals surface area contributed by atoms with Gasteiger partial charge in [0.25, 0.3) is 0 Å². The third kappa shape index (κ3) is 5.13. The average Bonchev–Trinajstić information content (AvgIpc) is 3.31. The number of morpholine rings is 1. The third-order valence-electron chi connectivity index (χ3n) is 4.89. The molecule has 1 aliphatic carbocycles. The van der Waals surface area contributed by atoms with Gasteiger partial charge in [-0.2, -0.15) is 0 Å². The smallest absolute Gasteiger partial charge is 0.321 e. The normalized spacial score (nSPS) is 19.1. The zero-order valence-electron chi connectivity index (χ0n) is 15.9. The monoisotopic (exact) mass is 396 g/mol. The summed E-state index contributed by atoms with van der Waals surface area (Å²) in [6.07, 6.45) is 4.22. The number of urea groups is 1. The van der Waals surface area contributed by atoms with E-state index < -0.39 is 11.3 Å². The lowest BCUT2D eigenvalue weighted by Crippen LogP contribution is -2.46. The number of ether oxygens (including phenoxy) is 1. The van der Waals surface area contributed by atoms with Crippen molar-refractivity contribution in [2.45, 2.75) is 62.5 Å². The number of nitrogens with zero attached hydrogens (tertiary/aromatic N) is 4. The van der Waals surface area contributed by atoms with Crippen molar-refractivity contribution in [2.24, 2.45) is 0 Å². The molecule has 1 aromatic heterocycles. The Morgan fingerprint density at radius 2 is 1.96 bits per heavy atom. The summed E-state index contributed by atoms with van der Waals surface area (Å²) in [5, 5.41) is 14.1. The summed E-state index contributed by atoms with van der Waals surface area (Å²) in [6.45, 7) is 7.41. The van der Waals surface area contributed by atoms with Gasteiger partial charge in [-0.15, -0.1) is 10.2 Å². The van der Waals surface area contributed by atoms with E-state index in [0.717, 1.165) is 44.7 Å². The highest BCUT2D eigenvalue weighted by atomic mass is 32.2. The molecule has 1 atom stereocenters. The number of thioether (sulfide) groups is 1. The number of nitrogens with one attached hydrogen (secondary N) is 2. The second-order valence-electron chi connectivity index (χ2n) is 6.83. The lowest BCUT2D eigenvalue weighted by atomic mass is 10.2. The molecule has 10 heteroatoms. The van der Waals surface area contributed by atoms with E-state index in [2.05, 4.69) is 25.7 Å². The molecular formula is C17H28N6O3S. The van der Waals surface area contributed by atoms with Crippen molar-refractivity contribution < 1.29 is 14.3 Å². The van der Waals surface area contributed by atoms with Gasteiger partial charge in [0.1, 0.15) is 0 Å². The Morgan fingerprint density at radius 1 is 1.26 bits per heavy atom. The van der Waals surface area contributed by atoms with Gasteiger partial charge in [-0.25, -0.2) is 4.79 Å². The number of aromatic nitrogens is 3. The fraction of sp³-hybridized carbons (Fsp3) is 0.765. The quantitative estimate of drug-likeness (QED) is 0.701. The number of hydrogen-bond acceptors (Lipinski definition) is 7. The summed E-state index contributed by atoms with van der Waals surface area (Å²) in [7, 11) is 0. The molecule has 2 aliphatic rings. The minimum absolute atomic E-state index is 0.181. The first kappa shape index (κ1) is 19.9. The fourth-order valence-corrected chi connectivity index (χ4v) is 4.27. The highest BCUT2D eigenvalue weighted by molar-refractivity contribution is 8.00. The number of imide groups is 1. The number of carbonyl (C=O) groups excluding carboxylic acids is 2. The molecule has 2 N–H and O–H groups in total. The van der Waals surface area contributed by atoms with Crippen molar-refractivity contribution in [1.82, 2.24) is 25.4 Å². The lowest BCUT2D eigenvalue weighted by molar-refractivity contribution is -0.119. The van der Waals surface area contributed by atoms with Crippen LogP contribution in [-0.2, 0) is 16.1 Å². The fourth-order valence-electron chi connectivity index (χ4n) is 3.36. The number of carbonyl (C=O) groups is 2. The summed E-state index contributed by atoms with van der Waals surface area (Å²) in [6, 6.07) is -0.231. The first-order valence-electron chi connectivity index (χ1n) is 9.62. The Labute approximate surface area is 163 Å². The van der Waals surface area contributed by atoms with E-state index in [1.165, 1.54) is 11.8 Å². The predicted octanol–water partition coefficient (Wildman–Crippen LogP) is 1.38. The molecule has 0 spiro atoms. The van der Waals surface area contributed by atoms with Crippen molar-refractivity contribution in [3.8, 4) is 0 Å². The molecule has 3 amide bonds. The number of anilines is 1. The van der Waals surface area contributed by atoms with Crippen molar-refractivity contribution in [2.75, 3.05) is 31.2 Å². The maximum Gasteiger partial charge on any atom is 0.321 e. The highest BCUT2D eigenvalue weighted by Gasteiger charge is 2.25. The number of rotatable bonds is 6. The van der Waals surface area contributed by atoms with Gasteiger partial charge in [-0.3, -0.25) is 14.7 Å². The van der Waals surface area contributed by atoms with Crippen LogP contribution in [0.1, 0.15) is 39.5 Å². The summed E-state index contributed by atoms with van der Waals surface area (Å²) < 4.78 is 7.39. The van der Waals surface area contributed by atoms with Gasteiger partial charge in [0.15, 0.2) is 5.16 Å². The van der Waals surface area contributed by atoms with E-state index in [1.54, 1.807) is 6.92 Å². The van der Waals surface area contributed by atoms with Crippen LogP contribution < -0.4 is 15.5 Å². The minimum atomic E-state index is -0.452. The van der Waals surface area contributed by atoms with Crippen LogP contribution in [0.25, 0.3) is 0 Å². The van der Waals surface area contributed by atoms with Crippen molar-refractivity contribution in [3.63, 3.8) is 0 Å². The van der Waals surface area contributed by atoms with Crippen LogP contribution in [0.5, 0.6) is 0 Å². The largest absolute Gasteiger partial charge is 0.378 e. The maximum atomic E-state index is 12.4. The second kappa shape index (κ2) is 9.41. The number of amides is 3. The molecule has 1 aliphatic heterocycles. The van der Waals surface area contributed by atoms with Crippen molar-refractivity contribution >= 4 is 29.6 Å². The van der Waals surface area contributed by atoms with Crippen LogP contribution in [0.15, 0.2) is 5.16 Å². The zero-order chi connectivity index (χ0) is 19.2. The predicted molar refractivity (Wildman–Crippen MR) is 103 cm³/mol.